The number of phenols is 3. The Hall–Kier alpha value is -2.49. The molecule has 2 rings (SSSR count). The van der Waals surface area contributed by atoms with Gasteiger partial charge in [0.05, 0.1) is 0 Å². The van der Waals surface area contributed by atoms with Crippen LogP contribution < -0.4 is 0 Å². The number of aromatic hydroxyl groups is 3. The number of rotatable bonds is 4. The van der Waals surface area contributed by atoms with Crippen molar-refractivity contribution in [3.63, 3.8) is 0 Å². The van der Waals surface area contributed by atoms with Gasteiger partial charge in [-0.15, -0.1) is 0 Å². The Morgan fingerprint density at radius 3 is 2.10 bits per heavy atom. The molecule has 0 heterocycles. The number of aryl methyl sites for hydroxylation is 2. The van der Waals surface area contributed by atoms with Crippen LogP contribution in [-0.2, 0) is 6.42 Å². The zero-order chi connectivity index (χ0) is 14.7. The first kappa shape index (κ1) is 13.9. The van der Waals surface area contributed by atoms with Crippen LogP contribution in [0.5, 0.6) is 17.2 Å². The molecule has 0 atom stereocenters. The highest BCUT2D eigenvalue weighted by atomic mass is 16.3. The van der Waals surface area contributed by atoms with E-state index in [0.29, 0.717) is 12.0 Å². The number of ketones is 1. The van der Waals surface area contributed by atoms with E-state index in [-0.39, 0.29) is 35.0 Å². The molecule has 4 heteroatoms. The highest BCUT2D eigenvalue weighted by Gasteiger charge is 2.16. The van der Waals surface area contributed by atoms with Crippen LogP contribution in [0, 0.1) is 6.92 Å². The van der Waals surface area contributed by atoms with Crippen molar-refractivity contribution < 1.29 is 20.1 Å². The third-order valence-corrected chi connectivity index (χ3v) is 3.10. The summed E-state index contributed by atoms with van der Waals surface area (Å²) in [6, 6.07) is 9.48. The standard InChI is InChI=1S/C16H16O4/c1-10-8-14(19)16(15(20)9-10)13(18)7-4-11-2-5-12(17)6-3-11/h2-3,5-6,8-9,17,19-20H,4,7H2,1H3. The van der Waals surface area contributed by atoms with Crippen LogP contribution in [0.2, 0.25) is 0 Å². The Morgan fingerprint density at radius 2 is 1.55 bits per heavy atom. The monoisotopic (exact) mass is 272 g/mol. The molecule has 0 fully saturated rings. The van der Waals surface area contributed by atoms with Gasteiger partial charge in [0, 0.05) is 6.42 Å². The lowest BCUT2D eigenvalue weighted by molar-refractivity contribution is 0.0977. The molecule has 0 aliphatic carbocycles. The van der Waals surface area contributed by atoms with Gasteiger partial charge in [-0.2, -0.15) is 0 Å². The van der Waals surface area contributed by atoms with E-state index in [9.17, 15) is 20.1 Å². The average Bonchev–Trinajstić information content (AvgIpc) is 2.37. The Kier molecular flexibility index (Phi) is 3.94. The average molecular weight is 272 g/mol. The smallest absolute Gasteiger partial charge is 0.170 e. The first-order chi connectivity index (χ1) is 9.47. The summed E-state index contributed by atoms with van der Waals surface area (Å²) in [5.41, 5.74) is 1.56. The Balaban J connectivity index is 2.11. The molecule has 0 amide bonds. The van der Waals surface area contributed by atoms with Gasteiger partial charge in [0.25, 0.3) is 0 Å². The Bertz CT molecular complexity index is 606. The van der Waals surface area contributed by atoms with Crippen molar-refractivity contribution in [2.75, 3.05) is 0 Å². The van der Waals surface area contributed by atoms with Crippen LogP contribution >= 0.6 is 0 Å². The fourth-order valence-corrected chi connectivity index (χ4v) is 2.08. The number of carbonyl (C=O) groups excluding carboxylic acids is 1. The largest absolute Gasteiger partial charge is 0.508 e. The molecular formula is C16H16O4. The molecular weight excluding hydrogens is 256 g/mol. The summed E-state index contributed by atoms with van der Waals surface area (Å²) in [4.78, 5) is 12.1. The molecule has 0 saturated carbocycles. The van der Waals surface area contributed by atoms with E-state index in [0.717, 1.165) is 5.56 Å². The van der Waals surface area contributed by atoms with Gasteiger partial charge in [-0.1, -0.05) is 12.1 Å². The number of benzene rings is 2. The highest BCUT2D eigenvalue weighted by molar-refractivity contribution is 6.01. The van der Waals surface area contributed by atoms with Gasteiger partial charge in [-0.3, -0.25) is 4.79 Å². The van der Waals surface area contributed by atoms with Gasteiger partial charge >= 0.3 is 0 Å². The lowest BCUT2D eigenvalue weighted by Gasteiger charge is -2.08. The van der Waals surface area contributed by atoms with Crippen molar-refractivity contribution in [1.29, 1.82) is 0 Å². The van der Waals surface area contributed by atoms with Gasteiger partial charge in [0.1, 0.15) is 22.8 Å². The molecule has 0 unspecified atom stereocenters. The summed E-state index contributed by atoms with van der Waals surface area (Å²) in [6.07, 6.45) is 0.654. The van der Waals surface area contributed by atoms with Gasteiger partial charge in [0.15, 0.2) is 5.78 Å². The molecule has 20 heavy (non-hydrogen) atoms. The van der Waals surface area contributed by atoms with Crippen molar-refractivity contribution in [2.24, 2.45) is 0 Å². The SMILES string of the molecule is Cc1cc(O)c(C(=O)CCc2ccc(O)cc2)c(O)c1. The number of phenolic OH excluding ortho intramolecular Hbond substituents is 3. The van der Waals surface area contributed by atoms with Gasteiger partial charge in [-0.05, 0) is 48.7 Å². The molecule has 0 aromatic heterocycles. The predicted molar refractivity (Wildman–Crippen MR) is 75.3 cm³/mol. The van der Waals surface area contributed by atoms with E-state index in [1.54, 1.807) is 31.2 Å². The van der Waals surface area contributed by atoms with Crippen molar-refractivity contribution in [2.45, 2.75) is 19.8 Å². The molecule has 104 valence electrons. The van der Waals surface area contributed by atoms with Crippen molar-refractivity contribution in [3.05, 3.63) is 53.1 Å². The Labute approximate surface area is 116 Å². The quantitative estimate of drug-likeness (QED) is 0.748. The van der Waals surface area contributed by atoms with E-state index in [1.165, 1.54) is 12.1 Å². The highest BCUT2D eigenvalue weighted by Crippen LogP contribution is 2.30. The molecule has 0 radical (unpaired) electrons. The molecule has 0 bridgehead atoms. The number of hydrogen-bond acceptors (Lipinski definition) is 4. The van der Waals surface area contributed by atoms with Crippen molar-refractivity contribution >= 4 is 5.78 Å². The lowest BCUT2D eigenvalue weighted by Crippen LogP contribution is -2.02. The second kappa shape index (κ2) is 5.65. The molecule has 0 aliphatic rings. The van der Waals surface area contributed by atoms with Crippen LogP contribution in [0.3, 0.4) is 0 Å². The minimum absolute atomic E-state index is 0.0330. The molecule has 0 aliphatic heterocycles. The summed E-state index contributed by atoms with van der Waals surface area (Å²) in [6.45, 7) is 1.73. The number of carbonyl (C=O) groups is 1. The van der Waals surface area contributed by atoms with Crippen LogP contribution in [0.15, 0.2) is 36.4 Å². The van der Waals surface area contributed by atoms with E-state index in [1.807, 2.05) is 0 Å². The maximum Gasteiger partial charge on any atom is 0.170 e. The lowest BCUT2D eigenvalue weighted by atomic mass is 10.00. The fraction of sp³-hybridized carbons (Fsp3) is 0.188. The summed E-state index contributed by atoms with van der Waals surface area (Å²) in [7, 11) is 0. The van der Waals surface area contributed by atoms with E-state index in [4.69, 9.17) is 0 Å². The van der Waals surface area contributed by atoms with E-state index in [2.05, 4.69) is 0 Å². The van der Waals surface area contributed by atoms with Crippen molar-refractivity contribution in [1.82, 2.24) is 0 Å². The summed E-state index contributed by atoms with van der Waals surface area (Å²) in [5, 5.41) is 28.7. The van der Waals surface area contributed by atoms with Gasteiger partial charge < -0.3 is 15.3 Å². The third-order valence-electron chi connectivity index (χ3n) is 3.10. The summed E-state index contributed by atoms with van der Waals surface area (Å²) >= 11 is 0. The first-order valence-electron chi connectivity index (χ1n) is 6.31. The maximum absolute atomic E-state index is 12.1. The summed E-state index contributed by atoms with van der Waals surface area (Å²) in [5.74, 6) is -0.529. The molecule has 3 N–H and O–H groups in total. The zero-order valence-corrected chi connectivity index (χ0v) is 11.1. The minimum Gasteiger partial charge on any atom is -0.508 e. The van der Waals surface area contributed by atoms with Crippen LogP contribution in [0.25, 0.3) is 0 Å². The first-order valence-corrected chi connectivity index (χ1v) is 6.31. The fourth-order valence-electron chi connectivity index (χ4n) is 2.08. The topological polar surface area (TPSA) is 77.8 Å². The van der Waals surface area contributed by atoms with Crippen LogP contribution in [-0.4, -0.2) is 21.1 Å². The minimum atomic E-state index is -0.312. The molecule has 2 aromatic carbocycles. The van der Waals surface area contributed by atoms with Crippen LogP contribution in [0.1, 0.15) is 27.9 Å². The molecule has 4 nitrogen and oxygen atoms in total. The maximum atomic E-state index is 12.1. The van der Waals surface area contributed by atoms with E-state index >= 15 is 0 Å². The van der Waals surface area contributed by atoms with Crippen LogP contribution in [0.4, 0.5) is 0 Å². The normalized spacial score (nSPS) is 10.4. The third kappa shape index (κ3) is 3.09. The van der Waals surface area contributed by atoms with Gasteiger partial charge in [-0.25, -0.2) is 0 Å². The molecule has 0 saturated heterocycles. The van der Waals surface area contributed by atoms with Gasteiger partial charge in [0.2, 0.25) is 0 Å². The molecule has 2 aromatic rings. The zero-order valence-electron chi connectivity index (χ0n) is 11.1. The van der Waals surface area contributed by atoms with E-state index < -0.39 is 0 Å². The molecule has 0 spiro atoms. The number of Topliss-reactive ketones (excluding diaryl/α,β-unsaturated/α-hetero) is 1. The second-order valence-electron chi connectivity index (χ2n) is 4.77. The second-order valence-corrected chi connectivity index (χ2v) is 4.77. The summed E-state index contributed by atoms with van der Waals surface area (Å²) < 4.78 is 0. The Morgan fingerprint density at radius 1 is 1.00 bits per heavy atom. The van der Waals surface area contributed by atoms with Crippen molar-refractivity contribution in [3.8, 4) is 17.2 Å². The predicted octanol–water partition coefficient (Wildman–Crippen LogP) is 2.93. The number of hydrogen-bond donors (Lipinski definition) is 3.